The molecule has 0 aromatic heterocycles. The first-order valence-electron chi connectivity index (χ1n) is 10.5. The minimum atomic E-state index is 0.933. The van der Waals surface area contributed by atoms with Gasteiger partial charge in [0.05, 0.1) is 0 Å². The maximum absolute atomic E-state index is 4.37. The summed E-state index contributed by atoms with van der Waals surface area (Å²) in [6.07, 6.45) is 0. The molecule has 5 rings (SSSR count). The summed E-state index contributed by atoms with van der Waals surface area (Å²) in [5.41, 5.74) is 5.30. The summed E-state index contributed by atoms with van der Waals surface area (Å²) in [6, 6.07) is 33.1. The number of rotatable bonds is 0. The molecule has 0 N–H and O–H groups in total. The maximum atomic E-state index is 4.37. The van der Waals surface area contributed by atoms with Gasteiger partial charge in [0.15, 0.2) is 0 Å². The smallest absolute Gasteiger partial charge is 0.0406 e. The van der Waals surface area contributed by atoms with Gasteiger partial charge in [-0.15, -0.1) is 12.6 Å². The number of hydrogen-bond acceptors (Lipinski definition) is 1. The Morgan fingerprint density at radius 2 is 0.844 bits per heavy atom. The Hall–Kier alpha value is -3.91. The van der Waals surface area contributed by atoms with Crippen LogP contribution in [0.15, 0.2) is 102 Å². The first-order chi connectivity index (χ1) is 15.7. The number of benzene rings is 5. The van der Waals surface area contributed by atoms with Gasteiger partial charge in [-0.25, -0.2) is 0 Å². The molecule has 0 fully saturated rings. The predicted octanol–water partition coefficient (Wildman–Crippen LogP) is 7.39. The third-order valence-corrected chi connectivity index (χ3v) is 5.81. The highest BCUT2D eigenvalue weighted by atomic mass is 32.1. The van der Waals surface area contributed by atoms with Crippen LogP contribution in [0, 0.1) is 30.6 Å². The lowest BCUT2D eigenvalue weighted by Crippen LogP contribution is -1.90. The molecule has 5 aromatic carbocycles. The molecule has 0 atom stereocenters. The van der Waals surface area contributed by atoms with Crippen LogP contribution in [0.25, 0.3) is 21.5 Å². The van der Waals surface area contributed by atoms with Crippen LogP contribution in [-0.2, 0) is 0 Å². The largest absolute Gasteiger partial charge is 0.143 e. The van der Waals surface area contributed by atoms with E-state index in [-0.39, 0.29) is 0 Å². The molecule has 5 aromatic rings. The van der Waals surface area contributed by atoms with Crippen molar-refractivity contribution >= 4 is 34.2 Å². The number of hydrogen-bond donors (Lipinski definition) is 1. The van der Waals surface area contributed by atoms with Crippen LogP contribution < -0.4 is 0 Å². The third-order valence-electron chi connectivity index (χ3n) is 5.51. The van der Waals surface area contributed by atoms with E-state index in [1.807, 2.05) is 24.3 Å². The highest BCUT2D eigenvalue weighted by Crippen LogP contribution is 2.32. The highest BCUT2D eigenvalue weighted by molar-refractivity contribution is 7.80. The van der Waals surface area contributed by atoms with Crippen molar-refractivity contribution in [2.45, 2.75) is 11.8 Å². The lowest BCUT2D eigenvalue weighted by Gasteiger charge is -2.10. The molecule has 0 bridgehead atoms. The number of fused-ring (bicyclic) bond motifs is 2. The first kappa shape index (κ1) is 20.0. The monoisotopic (exact) mass is 424 g/mol. The average molecular weight is 425 g/mol. The second-order valence-electron chi connectivity index (χ2n) is 7.75. The molecule has 150 valence electrons. The standard InChI is InChI=1S/C31H20S/c1-22-10-12-23(13-11-22)16-20-30-26-6-2-4-8-28(26)31(29-9-5-3-7-27(29)30)21-17-24-14-18-25(32)19-15-24/h2-15,18-19,32H,1H3. The zero-order valence-electron chi connectivity index (χ0n) is 17.7. The number of aryl methyl sites for hydroxylation is 1. The molecular weight excluding hydrogens is 404 g/mol. The van der Waals surface area contributed by atoms with Gasteiger partial charge in [0.25, 0.3) is 0 Å². The summed E-state index contributed by atoms with van der Waals surface area (Å²) in [5.74, 6) is 13.6. The molecule has 1 heteroatoms. The second kappa shape index (κ2) is 8.68. The fourth-order valence-corrected chi connectivity index (χ4v) is 4.00. The molecule has 0 heterocycles. The minimum absolute atomic E-state index is 0.933. The van der Waals surface area contributed by atoms with E-state index < -0.39 is 0 Å². The van der Waals surface area contributed by atoms with E-state index in [2.05, 4.69) is 116 Å². The Kier molecular flexibility index (Phi) is 5.43. The van der Waals surface area contributed by atoms with Crippen molar-refractivity contribution in [3.63, 3.8) is 0 Å². The molecule has 0 saturated heterocycles. The minimum Gasteiger partial charge on any atom is -0.143 e. The average Bonchev–Trinajstić information content (AvgIpc) is 2.83. The lowest BCUT2D eigenvalue weighted by molar-refractivity contribution is 1.46. The summed E-state index contributed by atoms with van der Waals surface area (Å²) in [7, 11) is 0. The van der Waals surface area contributed by atoms with Crippen molar-refractivity contribution in [3.8, 4) is 23.7 Å². The fourth-order valence-electron chi connectivity index (χ4n) is 3.85. The zero-order chi connectivity index (χ0) is 21.9. The molecule has 0 unspecified atom stereocenters. The van der Waals surface area contributed by atoms with Gasteiger partial charge in [-0.05, 0) is 64.9 Å². The van der Waals surface area contributed by atoms with Crippen molar-refractivity contribution in [1.82, 2.24) is 0 Å². The molecule has 32 heavy (non-hydrogen) atoms. The lowest BCUT2D eigenvalue weighted by atomic mass is 9.92. The van der Waals surface area contributed by atoms with Crippen LogP contribution in [0.5, 0.6) is 0 Å². The van der Waals surface area contributed by atoms with Crippen molar-refractivity contribution in [2.24, 2.45) is 0 Å². The Morgan fingerprint density at radius 3 is 1.25 bits per heavy atom. The normalized spacial score (nSPS) is 10.3. The van der Waals surface area contributed by atoms with Gasteiger partial charge in [-0.2, -0.15) is 0 Å². The van der Waals surface area contributed by atoms with E-state index in [9.17, 15) is 0 Å². The Labute approximate surface area is 194 Å². The second-order valence-corrected chi connectivity index (χ2v) is 8.27. The van der Waals surface area contributed by atoms with Crippen molar-refractivity contribution in [3.05, 3.63) is 125 Å². The van der Waals surface area contributed by atoms with Gasteiger partial charge in [0.2, 0.25) is 0 Å². The van der Waals surface area contributed by atoms with E-state index in [4.69, 9.17) is 0 Å². The van der Waals surface area contributed by atoms with E-state index >= 15 is 0 Å². The molecule has 0 saturated carbocycles. The molecule has 0 spiro atoms. The molecular formula is C31H20S. The predicted molar refractivity (Wildman–Crippen MR) is 138 cm³/mol. The van der Waals surface area contributed by atoms with Gasteiger partial charge < -0.3 is 0 Å². The van der Waals surface area contributed by atoms with E-state index in [1.165, 1.54) is 5.56 Å². The first-order valence-corrected chi connectivity index (χ1v) is 11.0. The fraction of sp³-hybridized carbons (Fsp3) is 0.0323. The molecule has 0 aliphatic carbocycles. The highest BCUT2D eigenvalue weighted by Gasteiger charge is 2.11. The molecule has 0 radical (unpaired) electrons. The van der Waals surface area contributed by atoms with Gasteiger partial charge in [0.1, 0.15) is 0 Å². The molecule has 0 nitrogen and oxygen atoms in total. The zero-order valence-corrected chi connectivity index (χ0v) is 18.6. The van der Waals surface area contributed by atoms with Crippen LogP contribution in [0.3, 0.4) is 0 Å². The van der Waals surface area contributed by atoms with E-state index in [0.29, 0.717) is 0 Å². The molecule has 0 amide bonds. The van der Waals surface area contributed by atoms with Gasteiger partial charge in [0, 0.05) is 27.1 Å². The van der Waals surface area contributed by atoms with Crippen LogP contribution in [0.1, 0.15) is 27.8 Å². The maximum Gasteiger partial charge on any atom is 0.0406 e. The topological polar surface area (TPSA) is 0 Å². The van der Waals surface area contributed by atoms with Gasteiger partial charge >= 0.3 is 0 Å². The van der Waals surface area contributed by atoms with Crippen molar-refractivity contribution in [2.75, 3.05) is 0 Å². The summed E-state index contributed by atoms with van der Waals surface area (Å²) in [5, 5.41) is 4.50. The quantitative estimate of drug-likeness (QED) is 0.150. The Balaban J connectivity index is 1.75. The van der Waals surface area contributed by atoms with Crippen LogP contribution in [0.4, 0.5) is 0 Å². The van der Waals surface area contributed by atoms with Crippen molar-refractivity contribution in [1.29, 1.82) is 0 Å². The Bertz CT molecular complexity index is 1390. The van der Waals surface area contributed by atoms with Crippen LogP contribution in [0.2, 0.25) is 0 Å². The summed E-state index contributed by atoms with van der Waals surface area (Å²) in [6.45, 7) is 2.09. The molecule has 0 aliphatic heterocycles. The summed E-state index contributed by atoms with van der Waals surface area (Å²) < 4.78 is 0. The Morgan fingerprint density at radius 1 is 0.469 bits per heavy atom. The van der Waals surface area contributed by atoms with E-state index in [1.54, 1.807) is 0 Å². The van der Waals surface area contributed by atoms with Crippen LogP contribution in [-0.4, -0.2) is 0 Å². The molecule has 0 aliphatic rings. The van der Waals surface area contributed by atoms with Gasteiger partial charge in [-0.3, -0.25) is 0 Å². The van der Waals surface area contributed by atoms with Crippen LogP contribution >= 0.6 is 12.6 Å². The number of thiol groups is 1. The third kappa shape index (κ3) is 4.00. The summed E-state index contributed by atoms with van der Waals surface area (Å²) >= 11 is 4.37. The SMILES string of the molecule is Cc1ccc(C#Cc2c3ccccc3c(C#Cc3ccc(S)cc3)c3ccccc23)cc1. The van der Waals surface area contributed by atoms with Gasteiger partial charge in [-0.1, -0.05) is 89.9 Å². The summed E-state index contributed by atoms with van der Waals surface area (Å²) in [4.78, 5) is 0.933. The van der Waals surface area contributed by atoms with E-state index in [0.717, 1.165) is 48.7 Å². The van der Waals surface area contributed by atoms with Crippen molar-refractivity contribution < 1.29 is 0 Å².